The summed E-state index contributed by atoms with van der Waals surface area (Å²) in [5.74, 6) is 0. The molecule has 0 saturated carbocycles. The van der Waals surface area contributed by atoms with Gasteiger partial charge in [-0.3, -0.25) is 0 Å². The smallest absolute Gasteiger partial charge is 0.0159 e. The van der Waals surface area contributed by atoms with Gasteiger partial charge in [0.1, 0.15) is 0 Å². The van der Waals surface area contributed by atoms with Gasteiger partial charge in [0.2, 0.25) is 0 Å². The molecule has 0 atom stereocenters. The quantitative estimate of drug-likeness (QED) is 0.172. The van der Waals surface area contributed by atoms with E-state index in [0.717, 1.165) is 0 Å². The molecule has 49 heavy (non-hydrogen) atoms. The predicted octanol–water partition coefficient (Wildman–Crippen LogP) is 13.6. The Labute approximate surface area is 286 Å². The molecule has 1 aliphatic carbocycles. The number of rotatable bonds is 3. The molecule has 0 amide bonds. The molecule has 0 aliphatic heterocycles. The molecule has 230 valence electrons. The Bertz CT molecular complexity index is 2720. The summed E-state index contributed by atoms with van der Waals surface area (Å²) in [5, 5.41) is 10.3. The first-order valence-corrected chi connectivity index (χ1v) is 17.3. The van der Waals surface area contributed by atoms with Crippen molar-refractivity contribution in [3.63, 3.8) is 0 Å². The van der Waals surface area contributed by atoms with Crippen LogP contribution in [0, 0.1) is 0 Å². The molecular weight excluding hydrogens is 589 g/mol. The van der Waals surface area contributed by atoms with Gasteiger partial charge in [0.15, 0.2) is 0 Å². The highest BCUT2D eigenvalue weighted by Crippen LogP contribution is 2.52. The van der Waals surface area contributed by atoms with Crippen molar-refractivity contribution in [2.75, 3.05) is 0 Å². The molecular formula is C49H34. The Morgan fingerprint density at radius 1 is 0.306 bits per heavy atom. The zero-order chi connectivity index (χ0) is 32.7. The minimum atomic E-state index is -0.0955. The van der Waals surface area contributed by atoms with Crippen LogP contribution in [-0.2, 0) is 5.41 Å². The Hall–Kier alpha value is -5.98. The van der Waals surface area contributed by atoms with Crippen LogP contribution >= 0.6 is 0 Å². The molecule has 9 aromatic rings. The molecule has 0 saturated heterocycles. The number of benzene rings is 9. The van der Waals surface area contributed by atoms with E-state index in [1.54, 1.807) is 0 Å². The monoisotopic (exact) mass is 622 g/mol. The lowest BCUT2D eigenvalue weighted by molar-refractivity contribution is 0.661. The molecule has 1 aliphatic rings. The van der Waals surface area contributed by atoms with E-state index in [1.807, 2.05) is 0 Å². The van der Waals surface area contributed by atoms with Gasteiger partial charge in [0, 0.05) is 5.41 Å². The number of hydrogen-bond donors (Lipinski definition) is 0. The fraction of sp³-hybridized carbons (Fsp3) is 0.0612. The fourth-order valence-corrected chi connectivity index (χ4v) is 8.54. The molecule has 0 fully saturated rings. The van der Waals surface area contributed by atoms with Gasteiger partial charge >= 0.3 is 0 Å². The maximum atomic E-state index is 2.48. The maximum absolute atomic E-state index is 2.48. The van der Waals surface area contributed by atoms with Crippen molar-refractivity contribution in [2.24, 2.45) is 0 Å². The molecule has 0 aromatic heterocycles. The number of hydrogen-bond acceptors (Lipinski definition) is 0. The minimum Gasteiger partial charge on any atom is -0.0622 e. The fourth-order valence-electron chi connectivity index (χ4n) is 8.54. The first-order valence-electron chi connectivity index (χ1n) is 17.3. The molecule has 0 unspecified atom stereocenters. The van der Waals surface area contributed by atoms with E-state index in [9.17, 15) is 0 Å². The topological polar surface area (TPSA) is 0 Å². The summed E-state index contributed by atoms with van der Waals surface area (Å²) >= 11 is 0. The third-order valence-electron chi connectivity index (χ3n) is 11.0. The van der Waals surface area contributed by atoms with Crippen LogP contribution < -0.4 is 0 Å². The van der Waals surface area contributed by atoms with Crippen LogP contribution in [0.1, 0.15) is 25.0 Å². The molecule has 9 aromatic carbocycles. The van der Waals surface area contributed by atoms with Crippen LogP contribution in [0.2, 0.25) is 0 Å². The predicted molar refractivity (Wildman–Crippen MR) is 210 cm³/mol. The second kappa shape index (κ2) is 10.5. The van der Waals surface area contributed by atoms with Crippen molar-refractivity contribution in [1.29, 1.82) is 0 Å². The Balaban J connectivity index is 1.17. The second-order valence-electron chi connectivity index (χ2n) is 14.1. The van der Waals surface area contributed by atoms with Crippen LogP contribution in [0.4, 0.5) is 0 Å². The second-order valence-corrected chi connectivity index (χ2v) is 14.1. The molecule has 10 rings (SSSR count). The molecule has 0 heterocycles. The molecule has 0 bridgehead atoms. The molecule has 0 heteroatoms. The van der Waals surface area contributed by atoms with Crippen LogP contribution in [0.3, 0.4) is 0 Å². The average molecular weight is 623 g/mol. The maximum Gasteiger partial charge on any atom is 0.0159 e. The van der Waals surface area contributed by atoms with E-state index in [4.69, 9.17) is 0 Å². The van der Waals surface area contributed by atoms with Crippen molar-refractivity contribution in [2.45, 2.75) is 19.3 Å². The Kier molecular flexibility index (Phi) is 6.02. The van der Waals surface area contributed by atoms with E-state index in [1.165, 1.54) is 98.7 Å². The summed E-state index contributed by atoms with van der Waals surface area (Å²) in [7, 11) is 0. The highest BCUT2D eigenvalue weighted by Gasteiger charge is 2.36. The molecule has 0 spiro atoms. The number of fused-ring (bicyclic) bond motifs is 7. The minimum absolute atomic E-state index is 0.0955. The standard InChI is InChI=1S/C49H34/c1-49(2)45-30-38(24-25-39(45)44-28-32-14-6-7-15-33(32)29-46(44)49)48-42-18-10-8-16-40(42)47(41-17-9-11-19-43(41)48)37-23-22-35-26-34(20-21-36(35)27-37)31-12-4-3-5-13-31/h3-30H,1-2H3. The van der Waals surface area contributed by atoms with Gasteiger partial charge in [-0.15, -0.1) is 0 Å². The van der Waals surface area contributed by atoms with Crippen LogP contribution in [0.5, 0.6) is 0 Å². The SMILES string of the molecule is CC1(C)c2cc(-c3c4ccccc4c(-c4ccc5cc(-c6ccccc6)ccc5c4)c4ccccc34)ccc2-c2cc3ccccc3cc21. The first kappa shape index (κ1) is 28.1. The summed E-state index contributed by atoms with van der Waals surface area (Å²) in [5.41, 5.74) is 13.0. The largest absolute Gasteiger partial charge is 0.0622 e. The van der Waals surface area contributed by atoms with Crippen molar-refractivity contribution in [3.8, 4) is 44.5 Å². The van der Waals surface area contributed by atoms with E-state index in [2.05, 4.69) is 184 Å². The molecule has 0 radical (unpaired) electrons. The zero-order valence-electron chi connectivity index (χ0n) is 27.7. The normalized spacial score (nSPS) is 13.3. The van der Waals surface area contributed by atoms with Gasteiger partial charge in [-0.1, -0.05) is 153 Å². The highest BCUT2D eigenvalue weighted by molar-refractivity contribution is 6.22. The van der Waals surface area contributed by atoms with Crippen LogP contribution in [-0.4, -0.2) is 0 Å². The summed E-state index contributed by atoms with van der Waals surface area (Å²) in [4.78, 5) is 0. The van der Waals surface area contributed by atoms with Crippen molar-refractivity contribution < 1.29 is 0 Å². The lowest BCUT2D eigenvalue weighted by atomic mass is 9.80. The van der Waals surface area contributed by atoms with Gasteiger partial charge < -0.3 is 0 Å². The van der Waals surface area contributed by atoms with Gasteiger partial charge in [-0.2, -0.15) is 0 Å². The van der Waals surface area contributed by atoms with Crippen LogP contribution in [0.15, 0.2) is 170 Å². The van der Waals surface area contributed by atoms with Crippen LogP contribution in [0.25, 0.3) is 87.6 Å². The van der Waals surface area contributed by atoms with Crippen molar-refractivity contribution in [1.82, 2.24) is 0 Å². The summed E-state index contributed by atoms with van der Waals surface area (Å²) < 4.78 is 0. The zero-order valence-corrected chi connectivity index (χ0v) is 27.7. The van der Waals surface area contributed by atoms with E-state index >= 15 is 0 Å². The Morgan fingerprint density at radius 2 is 0.755 bits per heavy atom. The van der Waals surface area contributed by atoms with E-state index in [-0.39, 0.29) is 5.41 Å². The van der Waals surface area contributed by atoms with Gasteiger partial charge in [0.25, 0.3) is 0 Å². The average Bonchev–Trinajstić information content (AvgIpc) is 3.37. The van der Waals surface area contributed by atoms with Gasteiger partial charge in [0.05, 0.1) is 0 Å². The third kappa shape index (κ3) is 4.24. The Morgan fingerprint density at radius 3 is 1.39 bits per heavy atom. The lowest BCUT2D eigenvalue weighted by Crippen LogP contribution is -2.15. The van der Waals surface area contributed by atoms with Gasteiger partial charge in [-0.25, -0.2) is 0 Å². The molecule has 0 N–H and O–H groups in total. The highest BCUT2D eigenvalue weighted by atomic mass is 14.4. The summed E-state index contributed by atoms with van der Waals surface area (Å²) in [6.45, 7) is 4.77. The van der Waals surface area contributed by atoms with E-state index in [0.29, 0.717) is 0 Å². The van der Waals surface area contributed by atoms with E-state index < -0.39 is 0 Å². The third-order valence-corrected chi connectivity index (χ3v) is 11.0. The molecule has 0 nitrogen and oxygen atoms in total. The lowest BCUT2D eigenvalue weighted by Gasteiger charge is -2.23. The van der Waals surface area contributed by atoms with Gasteiger partial charge in [-0.05, 0) is 129 Å². The van der Waals surface area contributed by atoms with Crippen molar-refractivity contribution in [3.05, 3.63) is 181 Å². The first-order chi connectivity index (χ1) is 24.0. The summed E-state index contributed by atoms with van der Waals surface area (Å²) in [6.07, 6.45) is 0. The van der Waals surface area contributed by atoms with Crippen molar-refractivity contribution >= 4 is 43.1 Å². The summed E-state index contributed by atoms with van der Waals surface area (Å²) in [6, 6.07) is 63.2.